The average molecular weight is 1390 g/mol. The van der Waals surface area contributed by atoms with Crippen LogP contribution in [0.15, 0.2) is 121 Å². The van der Waals surface area contributed by atoms with E-state index in [0.29, 0.717) is 13.0 Å². The standard InChI is InChI=1S/C14H19NO3.C13H19NO2.C12H17NO.C10H14.3C7H16.C6H14.C5H10O2.C4H10.2Na/c1-10(8-13(16)17)14(18)15-11(2)9-12-6-4-3-5-7-12;1-3-9-16-13(15)14-11(2)10-12-7-5-4-6-8-12;1-3-12(14)13-10(2)9-11-7-5-4-6-8-11;1-9(2)8-10-6-4-3-5-7-10;1-6(2)5-7(3)4;1-5-7(4)6(2)3;1-3-5-7-6-4-2;1-5(2)6(3)4;1-4(2)3-5(6)7;1-4(2)3;;/h3-7,10-11H,8-9H2,1-2H3,(H,15,18)(H,16,17);4-8,11H,3,9-10H2,1-2H3,(H,14,15);4-8,10H,3,9H2,1-2H3,(H,13,14);3-7,9H,8H2,1-2H3;2*6-7H,5H2,1-4H3;3-7H2,1-2H3;5-6H,1-4H3;4H,3H2,1-2H3,(H,6,7);4H,1-3H3;;/q;;;;;;;;;;2*+1/p-2. The Morgan fingerprint density at radius 1 is 0.388 bits per heavy atom. The smallest absolute Gasteiger partial charge is 0.550 e. The second kappa shape index (κ2) is 75.7. The minimum atomic E-state index is -1.20. The van der Waals surface area contributed by atoms with Crippen LogP contribution in [0.4, 0.5) is 4.79 Å². The molecule has 4 aromatic rings. The number of nitrogens with one attached hydrogen (secondary N) is 3. The minimum Gasteiger partial charge on any atom is -0.550 e. The number of hydrogen-bond donors (Lipinski definition) is 3. The Labute approximate surface area is 649 Å². The maximum atomic E-state index is 11.7. The molecule has 4 rings (SSSR count). The Morgan fingerprint density at radius 2 is 0.714 bits per heavy atom. The molecule has 0 bridgehead atoms. The number of carboxylic acids is 2. The minimum absolute atomic E-state index is 0. The molecule has 11 nitrogen and oxygen atoms in total. The van der Waals surface area contributed by atoms with Crippen LogP contribution in [0.1, 0.15) is 280 Å². The predicted molar refractivity (Wildman–Crippen MR) is 412 cm³/mol. The number of benzene rings is 4. The van der Waals surface area contributed by atoms with Gasteiger partial charge in [-0.1, -0.05) is 326 Å². The Hall–Kier alpha value is -3.97. The van der Waals surface area contributed by atoms with Gasteiger partial charge >= 0.3 is 65.2 Å². The van der Waals surface area contributed by atoms with Crippen molar-refractivity contribution in [3.05, 3.63) is 144 Å². The van der Waals surface area contributed by atoms with Crippen LogP contribution in [0.5, 0.6) is 0 Å². The Morgan fingerprint density at radius 3 is 0.939 bits per heavy atom. The van der Waals surface area contributed by atoms with Crippen molar-refractivity contribution in [3.63, 3.8) is 0 Å². The van der Waals surface area contributed by atoms with Crippen LogP contribution in [0.25, 0.3) is 0 Å². The van der Waals surface area contributed by atoms with Gasteiger partial charge in [0, 0.05) is 42.4 Å². The fraction of sp³-hybridized carbons (Fsp3) is 0.659. The second-order valence-electron chi connectivity index (χ2n) is 28.9. The van der Waals surface area contributed by atoms with E-state index in [1.54, 1.807) is 6.92 Å². The molecule has 0 aliphatic rings. The van der Waals surface area contributed by atoms with E-state index >= 15 is 0 Å². The third-order valence-electron chi connectivity index (χ3n) is 14.3. The summed E-state index contributed by atoms with van der Waals surface area (Å²) in [7, 11) is 0. The van der Waals surface area contributed by atoms with Crippen LogP contribution in [-0.4, -0.2) is 54.6 Å². The molecule has 0 spiro atoms. The van der Waals surface area contributed by atoms with E-state index in [9.17, 15) is 34.2 Å². The maximum absolute atomic E-state index is 11.7. The summed E-state index contributed by atoms with van der Waals surface area (Å²) in [5.41, 5.74) is 5.05. The average Bonchev–Trinajstić information content (AvgIpc) is 1.89. The van der Waals surface area contributed by atoms with E-state index in [4.69, 9.17) is 4.74 Å². The zero-order valence-electron chi connectivity index (χ0n) is 68.6. The molecule has 0 heterocycles. The first kappa shape index (κ1) is 110. The van der Waals surface area contributed by atoms with Gasteiger partial charge in [-0.25, -0.2) is 4.79 Å². The first-order valence-electron chi connectivity index (χ1n) is 37.0. The molecule has 0 fully saturated rings. The molecule has 0 saturated heterocycles. The van der Waals surface area contributed by atoms with E-state index in [1.165, 1.54) is 68.1 Å². The molecular weight excluding hydrogens is 1240 g/mol. The molecule has 554 valence electrons. The van der Waals surface area contributed by atoms with E-state index in [0.717, 1.165) is 78.6 Å². The quantitative estimate of drug-likeness (QED) is 0.0372. The van der Waals surface area contributed by atoms with E-state index in [1.807, 2.05) is 115 Å². The molecule has 4 aromatic carbocycles. The van der Waals surface area contributed by atoms with Crippen LogP contribution in [0, 0.1) is 59.2 Å². The summed E-state index contributed by atoms with van der Waals surface area (Å²) >= 11 is 0. The van der Waals surface area contributed by atoms with Crippen molar-refractivity contribution in [2.24, 2.45) is 59.2 Å². The number of hydrogen-bond acceptors (Lipinski definition) is 8. The second-order valence-corrected chi connectivity index (χ2v) is 28.9. The largest absolute Gasteiger partial charge is 1.00 e. The molecule has 3 N–H and O–H groups in total. The summed E-state index contributed by atoms with van der Waals surface area (Å²) in [5, 5.41) is 28.6. The monoisotopic (exact) mass is 1390 g/mol. The van der Waals surface area contributed by atoms with Gasteiger partial charge in [0.1, 0.15) is 0 Å². The van der Waals surface area contributed by atoms with Gasteiger partial charge in [-0.3, -0.25) is 9.59 Å². The molecule has 13 heteroatoms. The van der Waals surface area contributed by atoms with Gasteiger partial charge in [0.25, 0.3) is 0 Å². The SMILES string of the molecule is CC(C)C.CC(C)C(C)C.CC(C)CC(=O)[O-].CC(C)CC(C)C.CC(C)Cc1ccccc1.CC(Cc1ccccc1)NC(=O)C(C)CC(=O)[O-].CCC(=O)NC(C)Cc1ccccc1.CCC(C)C(C)C.CCCCCCC.CCCOC(=O)NC(C)Cc1ccccc1.[Na+].[Na+]. The number of unbranched alkanes of at least 4 members (excludes halogenated alkanes) is 4. The summed E-state index contributed by atoms with van der Waals surface area (Å²) in [4.78, 5) is 54.1. The van der Waals surface area contributed by atoms with Crippen LogP contribution in [0.2, 0.25) is 0 Å². The number of amides is 3. The normalized spacial score (nSPS) is 11.5. The molecule has 5 unspecified atom stereocenters. The molecule has 0 aromatic heterocycles. The number of carboxylic acid groups (broad SMARTS) is 2. The van der Waals surface area contributed by atoms with Crippen LogP contribution < -0.4 is 85.3 Å². The van der Waals surface area contributed by atoms with Crippen LogP contribution >= 0.6 is 0 Å². The Bertz CT molecular complexity index is 2320. The molecule has 0 aliphatic heterocycles. The molecule has 3 amide bonds. The molecule has 0 aliphatic carbocycles. The van der Waals surface area contributed by atoms with Crippen LogP contribution in [-0.2, 0) is 49.6 Å². The zero-order valence-corrected chi connectivity index (χ0v) is 72.6. The zero-order chi connectivity index (χ0) is 75.0. The topological polar surface area (TPSA) is 177 Å². The third-order valence-corrected chi connectivity index (χ3v) is 14.3. The fourth-order valence-corrected chi connectivity index (χ4v) is 8.11. The van der Waals surface area contributed by atoms with Gasteiger partial charge in [0.15, 0.2) is 0 Å². The van der Waals surface area contributed by atoms with Gasteiger partial charge in [0.05, 0.1) is 6.61 Å². The van der Waals surface area contributed by atoms with E-state index < -0.39 is 17.9 Å². The van der Waals surface area contributed by atoms with Crippen molar-refractivity contribution >= 4 is 29.8 Å². The number of ether oxygens (including phenoxy) is 1. The van der Waals surface area contributed by atoms with E-state index in [-0.39, 0.29) is 114 Å². The van der Waals surface area contributed by atoms with Crippen molar-refractivity contribution in [2.75, 3.05) is 6.61 Å². The summed E-state index contributed by atoms with van der Waals surface area (Å²) in [6.45, 7) is 58.1. The van der Waals surface area contributed by atoms with Crippen LogP contribution in [0.3, 0.4) is 0 Å². The third kappa shape index (κ3) is 90.0. The predicted octanol–water partition coefficient (Wildman–Crippen LogP) is 14.4. The summed E-state index contributed by atoms with van der Waals surface area (Å²) < 4.78 is 4.95. The molecule has 98 heavy (non-hydrogen) atoms. The number of aliphatic carboxylic acids is 2. The van der Waals surface area contributed by atoms with Gasteiger partial charge in [0.2, 0.25) is 11.8 Å². The molecule has 0 radical (unpaired) electrons. The Balaban J connectivity index is -0.000000158. The molecular formula is C85H149N3Na2O8. The number of carbonyl (C=O) groups is 5. The molecule has 5 atom stereocenters. The Kier molecular flexibility index (Phi) is 84.9. The van der Waals surface area contributed by atoms with Gasteiger partial charge in [-0.05, 0) is 148 Å². The van der Waals surface area contributed by atoms with Gasteiger partial charge < -0.3 is 40.5 Å². The van der Waals surface area contributed by atoms with Gasteiger partial charge in [-0.15, -0.1) is 0 Å². The van der Waals surface area contributed by atoms with Crippen molar-refractivity contribution in [3.8, 4) is 0 Å². The van der Waals surface area contributed by atoms with Crippen molar-refractivity contribution in [1.82, 2.24) is 16.0 Å². The number of alkyl carbamates (subject to hydrolysis) is 1. The first-order chi connectivity index (χ1) is 44.9. The van der Waals surface area contributed by atoms with Crippen molar-refractivity contribution in [1.29, 1.82) is 0 Å². The van der Waals surface area contributed by atoms with Gasteiger partial charge in [-0.2, -0.15) is 0 Å². The molecule has 0 saturated carbocycles. The van der Waals surface area contributed by atoms with Crippen molar-refractivity contribution < 1.29 is 98.0 Å². The number of carbonyl (C=O) groups excluding carboxylic acids is 5. The number of rotatable bonds is 28. The maximum Gasteiger partial charge on any atom is 1.00 e. The fourth-order valence-electron chi connectivity index (χ4n) is 8.11. The van der Waals surface area contributed by atoms with Crippen molar-refractivity contribution in [2.45, 2.75) is 301 Å². The summed E-state index contributed by atoms with van der Waals surface area (Å²) in [5.74, 6) is 4.18. The van der Waals surface area contributed by atoms with E-state index in [2.05, 4.69) is 202 Å². The summed E-state index contributed by atoms with van der Waals surface area (Å²) in [6, 6.07) is 41.0. The summed E-state index contributed by atoms with van der Waals surface area (Å²) in [6.07, 6.45) is 14.3. The first-order valence-corrected chi connectivity index (χ1v) is 37.0.